The molecule has 21 heavy (non-hydrogen) atoms. The molecule has 0 amide bonds. The fraction of sp³-hybridized carbons (Fsp3) is 0.294. The second-order valence-corrected chi connectivity index (χ2v) is 5.88. The predicted octanol–water partition coefficient (Wildman–Crippen LogP) is 4.52. The summed E-state index contributed by atoms with van der Waals surface area (Å²) in [7, 11) is 3.34. The van der Waals surface area contributed by atoms with Gasteiger partial charge in [0.25, 0.3) is 0 Å². The van der Waals surface area contributed by atoms with E-state index in [1.54, 1.807) is 6.07 Å². The van der Waals surface area contributed by atoms with Crippen molar-refractivity contribution in [2.75, 3.05) is 14.2 Å². The molecular weight excluding hydrogens is 333 g/mol. The third-order valence-corrected chi connectivity index (χ3v) is 4.84. The monoisotopic (exact) mass is 351 g/mol. The molecule has 1 atom stereocenters. The maximum absolute atomic E-state index is 13.9. The molecule has 1 unspecified atom stereocenters. The van der Waals surface area contributed by atoms with Crippen LogP contribution in [0, 0.1) is 19.7 Å². The van der Waals surface area contributed by atoms with E-state index in [1.807, 2.05) is 13.1 Å². The van der Waals surface area contributed by atoms with Gasteiger partial charge in [0.1, 0.15) is 0 Å². The van der Waals surface area contributed by atoms with Crippen LogP contribution in [0.1, 0.15) is 28.3 Å². The number of benzene rings is 2. The summed E-state index contributed by atoms with van der Waals surface area (Å²) in [4.78, 5) is 0. The highest BCUT2D eigenvalue weighted by atomic mass is 79.9. The molecule has 0 aromatic heterocycles. The average molecular weight is 352 g/mol. The van der Waals surface area contributed by atoms with Crippen LogP contribution in [0.5, 0.6) is 5.75 Å². The van der Waals surface area contributed by atoms with Crippen molar-refractivity contribution in [3.05, 3.63) is 62.9 Å². The highest BCUT2D eigenvalue weighted by Gasteiger charge is 2.16. The van der Waals surface area contributed by atoms with Crippen LogP contribution >= 0.6 is 15.9 Å². The van der Waals surface area contributed by atoms with Gasteiger partial charge in [-0.2, -0.15) is 0 Å². The molecule has 0 heterocycles. The maximum Gasteiger partial charge on any atom is 0.165 e. The van der Waals surface area contributed by atoms with E-state index in [2.05, 4.69) is 47.2 Å². The van der Waals surface area contributed by atoms with Crippen molar-refractivity contribution in [2.24, 2.45) is 0 Å². The van der Waals surface area contributed by atoms with Gasteiger partial charge < -0.3 is 10.1 Å². The number of nitrogens with one attached hydrogen (secondary N) is 1. The largest absolute Gasteiger partial charge is 0.494 e. The maximum atomic E-state index is 13.9. The summed E-state index contributed by atoms with van der Waals surface area (Å²) in [5, 5.41) is 3.25. The smallest absolute Gasteiger partial charge is 0.165 e. The molecule has 0 bridgehead atoms. The van der Waals surface area contributed by atoms with E-state index in [1.165, 1.54) is 24.3 Å². The summed E-state index contributed by atoms with van der Waals surface area (Å²) in [6.45, 7) is 4.11. The highest BCUT2D eigenvalue weighted by Crippen LogP contribution is 2.30. The molecule has 2 rings (SSSR count). The Morgan fingerprint density at radius 3 is 2.19 bits per heavy atom. The van der Waals surface area contributed by atoms with E-state index < -0.39 is 0 Å². The molecule has 0 aliphatic heterocycles. The number of hydrogen-bond acceptors (Lipinski definition) is 2. The topological polar surface area (TPSA) is 21.3 Å². The summed E-state index contributed by atoms with van der Waals surface area (Å²) >= 11 is 3.57. The second kappa shape index (κ2) is 6.58. The molecular formula is C17H19BrFNO. The molecule has 2 nitrogen and oxygen atoms in total. The lowest BCUT2D eigenvalue weighted by atomic mass is 9.95. The zero-order valence-corrected chi connectivity index (χ0v) is 14.2. The normalized spacial score (nSPS) is 12.3. The molecule has 2 aromatic carbocycles. The first-order valence-electron chi connectivity index (χ1n) is 6.75. The zero-order chi connectivity index (χ0) is 15.6. The van der Waals surface area contributed by atoms with Crippen LogP contribution in [0.4, 0.5) is 4.39 Å². The van der Waals surface area contributed by atoms with Crippen LogP contribution in [-0.4, -0.2) is 14.2 Å². The Bertz CT molecular complexity index is 634. The van der Waals surface area contributed by atoms with Gasteiger partial charge in [-0.1, -0.05) is 34.1 Å². The van der Waals surface area contributed by atoms with Crippen LogP contribution in [0.15, 0.2) is 34.8 Å². The first kappa shape index (κ1) is 16.0. The standard InChI is InChI=1S/C17H19BrFNO/c1-10-7-13(8-11(2)16(10)18)17(20-3)12-5-6-15(21-4)14(19)9-12/h5-9,17,20H,1-4H3. The minimum Gasteiger partial charge on any atom is -0.494 e. The van der Waals surface area contributed by atoms with E-state index in [9.17, 15) is 4.39 Å². The quantitative estimate of drug-likeness (QED) is 0.873. The molecule has 2 aromatic rings. The van der Waals surface area contributed by atoms with Crippen LogP contribution < -0.4 is 10.1 Å². The van der Waals surface area contributed by atoms with Gasteiger partial charge in [-0.15, -0.1) is 0 Å². The van der Waals surface area contributed by atoms with Crippen LogP contribution in [0.25, 0.3) is 0 Å². The first-order chi connectivity index (χ1) is 9.97. The van der Waals surface area contributed by atoms with Gasteiger partial charge in [0.15, 0.2) is 11.6 Å². The lowest BCUT2D eigenvalue weighted by molar-refractivity contribution is 0.386. The Balaban J connectivity index is 2.47. The van der Waals surface area contributed by atoms with Crippen molar-refractivity contribution < 1.29 is 9.13 Å². The van der Waals surface area contributed by atoms with E-state index in [-0.39, 0.29) is 17.6 Å². The molecule has 4 heteroatoms. The fourth-order valence-electron chi connectivity index (χ4n) is 2.53. The number of hydrogen-bond donors (Lipinski definition) is 1. The Morgan fingerprint density at radius 1 is 1.10 bits per heavy atom. The number of halogens is 2. The van der Waals surface area contributed by atoms with E-state index >= 15 is 0 Å². The van der Waals surface area contributed by atoms with Crippen LogP contribution in [0.2, 0.25) is 0 Å². The van der Waals surface area contributed by atoms with Crippen molar-refractivity contribution in [1.82, 2.24) is 5.32 Å². The lowest BCUT2D eigenvalue weighted by Crippen LogP contribution is -2.18. The molecule has 0 radical (unpaired) electrons. The van der Waals surface area contributed by atoms with Crippen molar-refractivity contribution >= 4 is 15.9 Å². The number of ether oxygens (including phenoxy) is 1. The molecule has 0 saturated heterocycles. The minimum absolute atomic E-state index is 0.0593. The second-order valence-electron chi connectivity index (χ2n) is 5.08. The zero-order valence-electron chi connectivity index (χ0n) is 12.6. The Kier molecular flexibility index (Phi) is 5.01. The molecule has 112 valence electrons. The van der Waals surface area contributed by atoms with Gasteiger partial charge in [0.2, 0.25) is 0 Å². The highest BCUT2D eigenvalue weighted by molar-refractivity contribution is 9.10. The van der Waals surface area contributed by atoms with Gasteiger partial charge in [-0.3, -0.25) is 0 Å². The number of rotatable bonds is 4. The first-order valence-corrected chi connectivity index (χ1v) is 7.54. The summed E-state index contributed by atoms with van der Waals surface area (Å²) in [5.41, 5.74) is 4.32. The summed E-state index contributed by atoms with van der Waals surface area (Å²) in [5.74, 6) is -0.0856. The third-order valence-electron chi connectivity index (χ3n) is 3.59. The van der Waals surface area contributed by atoms with Crippen molar-refractivity contribution in [2.45, 2.75) is 19.9 Å². The van der Waals surface area contributed by atoms with Gasteiger partial charge in [0.05, 0.1) is 13.2 Å². The Labute approximate surface area is 133 Å². The lowest BCUT2D eigenvalue weighted by Gasteiger charge is -2.20. The predicted molar refractivity (Wildman–Crippen MR) is 87.5 cm³/mol. The molecule has 0 saturated carbocycles. The Hall–Kier alpha value is -1.39. The summed E-state index contributed by atoms with van der Waals surface area (Å²) in [6.07, 6.45) is 0. The molecule has 0 aliphatic rings. The molecule has 0 aliphatic carbocycles. The van der Waals surface area contributed by atoms with Gasteiger partial charge in [-0.05, 0) is 55.3 Å². The van der Waals surface area contributed by atoms with Crippen molar-refractivity contribution in [3.8, 4) is 5.75 Å². The van der Waals surface area contributed by atoms with Crippen LogP contribution in [0.3, 0.4) is 0 Å². The molecule has 1 N–H and O–H groups in total. The third kappa shape index (κ3) is 3.27. The van der Waals surface area contributed by atoms with Crippen molar-refractivity contribution in [1.29, 1.82) is 0 Å². The molecule has 0 spiro atoms. The van der Waals surface area contributed by atoms with Gasteiger partial charge >= 0.3 is 0 Å². The minimum atomic E-state index is -0.346. The van der Waals surface area contributed by atoms with Gasteiger partial charge in [0, 0.05) is 4.47 Å². The SMILES string of the molecule is CNC(c1cc(C)c(Br)c(C)c1)c1ccc(OC)c(F)c1. The van der Waals surface area contributed by atoms with Crippen molar-refractivity contribution in [3.63, 3.8) is 0 Å². The van der Waals surface area contributed by atoms with E-state index in [0.717, 1.165) is 15.6 Å². The van der Waals surface area contributed by atoms with Gasteiger partial charge in [-0.25, -0.2) is 4.39 Å². The molecule has 0 fully saturated rings. The van der Waals surface area contributed by atoms with Crippen LogP contribution in [-0.2, 0) is 0 Å². The summed E-state index contributed by atoms with van der Waals surface area (Å²) in [6, 6.07) is 9.23. The van der Waals surface area contributed by atoms with E-state index in [4.69, 9.17) is 4.74 Å². The Morgan fingerprint density at radius 2 is 1.71 bits per heavy atom. The van der Waals surface area contributed by atoms with E-state index in [0.29, 0.717) is 0 Å². The average Bonchev–Trinajstić information content (AvgIpc) is 2.45. The summed E-state index contributed by atoms with van der Waals surface area (Å²) < 4.78 is 20.0. The number of aryl methyl sites for hydroxylation is 2. The number of methoxy groups -OCH3 is 1. The fourth-order valence-corrected chi connectivity index (χ4v) is 2.76.